The molecule has 17 heavy (non-hydrogen) atoms. The standard InChI is InChI=1S/C12H15ClFNO2/c1-4-9(2)15-12(16)8-17-7-5-6-11(13)10(3)14/h5-7H,2-4,8H2,1H3,(H,15,16)/b7-5+,11-6+. The van der Waals surface area contributed by atoms with Crippen molar-refractivity contribution in [1.82, 2.24) is 5.32 Å². The molecule has 0 heterocycles. The summed E-state index contributed by atoms with van der Waals surface area (Å²) < 4.78 is 17.3. The van der Waals surface area contributed by atoms with E-state index in [2.05, 4.69) is 18.5 Å². The highest BCUT2D eigenvalue weighted by Crippen LogP contribution is 2.12. The molecule has 0 spiro atoms. The molecule has 3 nitrogen and oxygen atoms in total. The minimum Gasteiger partial charge on any atom is -0.491 e. The second-order valence-electron chi connectivity index (χ2n) is 3.06. The Morgan fingerprint density at radius 1 is 1.53 bits per heavy atom. The van der Waals surface area contributed by atoms with Crippen LogP contribution in [0.15, 0.2) is 48.1 Å². The summed E-state index contributed by atoms with van der Waals surface area (Å²) in [6.07, 6.45) is 4.54. The Kier molecular flexibility index (Phi) is 7.80. The van der Waals surface area contributed by atoms with Gasteiger partial charge in [-0.25, -0.2) is 4.39 Å². The maximum Gasteiger partial charge on any atom is 0.261 e. The average molecular weight is 260 g/mol. The Morgan fingerprint density at radius 3 is 2.71 bits per heavy atom. The Morgan fingerprint density at radius 2 is 2.18 bits per heavy atom. The fraction of sp³-hybridized carbons (Fsp3) is 0.250. The van der Waals surface area contributed by atoms with E-state index in [1.54, 1.807) is 0 Å². The fourth-order valence-electron chi connectivity index (χ4n) is 0.715. The van der Waals surface area contributed by atoms with Crippen LogP contribution in [0.3, 0.4) is 0 Å². The minimum atomic E-state index is -0.728. The Balaban J connectivity index is 3.88. The second-order valence-corrected chi connectivity index (χ2v) is 3.47. The molecule has 0 aliphatic carbocycles. The lowest BCUT2D eigenvalue weighted by Crippen LogP contribution is -2.25. The number of allylic oxidation sites excluding steroid dienone is 5. The molecule has 0 unspecified atom stereocenters. The number of hydrogen-bond donors (Lipinski definition) is 1. The molecule has 5 heteroatoms. The quantitative estimate of drug-likeness (QED) is 0.563. The zero-order valence-corrected chi connectivity index (χ0v) is 10.4. The highest BCUT2D eigenvalue weighted by molar-refractivity contribution is 6.31. The third-order valence-electron chi connectivity index (χ3n) is 1.63. The number of carbonyl (C=O) groups excluding carboxylic acids is 1. The normalized spacial score (nSPS) is 11.4. The summed E-state index contributed by atoms with van der Waals surface area (Å²) in [5.41, 5.74) is 0.624. The topological polar surface area (TPSA) is 38.3 Å². The van der Waals surface area contributed by atoms with Crippen molar-refractivity contribution in [2.75, 3.05) is 6.61 Å². The van der Waals surface area contributed by atoms with Gasteiger partial charge in [0.1, 0.15) is 5.83 Å². The van der Waals surface area contributed by atoms with Gasteiger partial charge in [0.05, 0.1) is 11.3 Å². The molecule has 1 N–H and O–H groups in total. The molecule has 0 aromatic heterocycles. The van der Waals surface area contributed by atoms with Gasteiger partial charge in [-0.3, -0.25) is 4.79 Å². The molecular weight excluding hydrogens is 245 g/mol. The van der Waals surface area contributed by atoms with Crippen LogP contribution in [0.2, 0.25) is 0 Å². The lowest BCUT2D eigenvalue weighted by molar-refractivity contribution is -0.123. The Labute approximate surface area is 105 Å². The largest absolute Gasteiger partial charge is 0.491 e. The molecule has 0 radical (unpaired) electrons. The summed E-state index contributed by atoms with van der Waals surface area (Å²) in [7, 11) is 0. The Hall–Kier alpha value is -1.55. The van der Waals surface area contributed by atoms with Crippen LogP contribution in [0.4, 0.5) is 4.39 Å². The monoisotopic (exact) mass is 259 g/mol. The summed E-state index contributed by atoms with van der Waals surface area (Å²) in [6.45, 7) is 8.36. The van der Waals surface area contributed by atoms with Gasteiger partial charge in [0, 0.05) is 5.70 Å². The van der Waals surface area contributed by atoms with Crippen LogP contribution in [0.1, 0.15) is 13.3 Å². The SMILES string of the molecule is C=C(CC)NC(=O)CO/C=C/C=C(/Cl)C(=C)F. The molecule has 0 bridgehead atoms. The van der Waals surface area contributed by atoms with Crippen molar-refractivity contribution >= 4 is 17.5 Å². The predicted molar refractivity (Wildman–Crippen MR) is 66.8 cm³/mol. The average Bonchev–Trinajstić information content (AvgIpc) is 2.27. The van der Waals surface area contributed by atoms with E-state index in [9.17, 15) is 9.18 Å². The van der Waals surface area contributed by atoms with E-state index in [0.717, 1.165) is 0 Å². The molecule has 1 amide bonds. The third-order valence-corrected chi connectivity index (χ3v) is 1.96. The summed E-state index contributed by atoms with van der Waals surface area (Å²) in [5, 5.41) is 2.42. The van der Waals surface area contributed by atoms with E-state index in [1.165, 1.54) is 18.4 Å². The number of carbonyl (C=O) groups is 1. The molecule has 0 saturated carbocycles. The first-order valence-corrected chi connectivity index (χ1v) is 5.31. The van der Waals surface area contributed by atoms with Crippen LogP contribution in [-0.2, 0) is 9.53 Å². The smallest absolute Gasteiger partial charge is 0.261 e. The van der Waals surface area contributed by atoms with Gasteiger partial charge >= 0.3 is 0 Å². The van der Waals surface area contributed by atoms with Crippen molar-refractivity contribution in [1.29, 1.82) is 0 Å². The van der Waals surface area contributed by atoms with E-state index in [-0.39, 0.29) is 17.5 Å². The predicted octanol–water partition coefficient (Wildman–Crippen LogP) is 3.16. The second kappa shape index (κ2) is 8.58. The van der Waals surface area contributed by atoms with Crippen molar-refractivity contribution in [2.45, 2.75) is 13.3 Å². The highest BCUT2D eigenvalue weighted by atomic mass is 35.5. The first-order valence-electron chi connectivity index (χ1n) is 4.93. The number of nitrogens with one attached hydrogen (secondary N) is 1. The van der Waals surface area contributed by atoms with E-state index in [4.69, 9.17) is 16.3 Å². The van der Waals surface area contributed by atoms with E-state index in [1.807, 2.05) is 6.92 Å². The van der Waals surface area contributed by atoms with Crippen LogP contribution < -0.4 is 5.32 Å². The summed E-state index contributed by atoms with van der Waals surface area (Å²) >= 11 is 5.43. The van der Waals surface area contributed by atoms with E-state index < -0.39 is 5.83 Å². The van der Waals surface area contributed by atoms with Crippen LogP contribution in [0.5, 0.6) is 0 Å². The zero-order chi connectivity index (χ0) is 13.3. The summed E-state index contributed by atoms with van der Waals surface area (Å²) in [4.78, 5) is 11.2. The molecule has 0 atom stereocenters. The number of amides is 1. The Bertz CT molecular complexity index is 362. The van der Waals surface area contributed by atoms with Gasteiger partial charge in [-0.2, -0.15) is 0 Å². The van der Waals surface area contributed by atoms with Crippen LogP contribution in [0, 0.1) is 0 Å². The van der Waals surface area contributed by atoms with Crippen LogP contribution in [-0.4, -0.2) is 12.5 Å². The number of hydrogen-bond acceptors (Lipinski definition) is 2. The first kappa shape index (κ1) is 15.5. The molecule has 0 aliphatic rings. The van der Waals surface area contributed by atoms with Gasteiger partial charge < -0.3 is 10.1 Å². The maximum absolute atomic E-state index is 12.4. The molecular formula is C12H15ClFNO2. The van der Waals surface area contributed by atoms with Crippen molar-refractivity contribution in [2.24, 2.45) is 0 Å². The fourth-order valence-corrected chi connectivity index (χ4v) is 0.788. The van der Waals surface area contributed by atoms with Crippen molar-refractivity contribution in [3.05, 3.63) is 48.1 Å². The molecule has 0 aromatic rings. The molecule has 0 aliphatic heterocycles. The van der Waals surface area contributed by atoms with Crippen molar-refractivity contribution < 1.29 is 13.9 Å². The maximum atomic E-state index is 12.4. The van der Waals surface area contributed by atoms with Gasteiger partial charge in [0.2, 0.25) is 0 Å². The third kappa shape index (κ3) is 8.28. The van der Waals surface area contributed by atoms with Gasteiger partial charge in [-0.15, -0.1) is 0 Å². The molecule has 94 valence electrons. The summed E-state index contributed by atoms with van der Waals surface area (Å²) in [6, 6.07) is 0. The molecule has 0 rings (SSSR count). The van der Waals surface area contributed by atoms with Crippen molar-refractivity contribution in [3.63, 3.8) is 0 Å². The van der Waals surface area contributed by atoms with Crippen LogP contribution in [0.25, 0.3) is 0 Å². The number of ether oxygens (including phenoxy) is 1. The van der Waals surface area contributed by atoms with Gasteiger partial charge in [0.25, 0.3) is 5.91 Å². The molecule has 0 aromatic carbocycles. The highest BCUT2D eigenvalue weighted by Gasteiger charge is 2.00. The molecule has 0 saturated heterocycles. The minimum absolute atomic E-state index is 0.117. The van der Waals surface area contributed by atoms with E-state index >= 15 is 0 Å². The van der Waals surface area contributed by atoms with Gasteiger partial charge in [-0.1, -0.05) is 31.7 Å². The van der Waals surface area contributed by atoms with E-state index in [0.29, 0.717) is 12.1 Å². The number of rotatable bonds is 7. The van der Waals surface area contributed by atoms with Gasteiger partial charge in [0.15, 0.2) is 6.61 Å². The number of halogens is 2. The lowest BCUT2D eigenvalue weighted by atomic mass is 10.4. The zero-order valence-electron chi connectivity index (χ0n) is 9.63. The van der Waals surface area contributed by atoms with Crippen molar-refractivity contribution in [3.8, 4) is 0 Å². The summed E-state index contributed by atoms with van der Waals surface area (Å²) in [5.74, 6) is -1.03. The molecule has 0 fully saturated rings. The van der Waals surface area contributed by atoms with Gasteiger partial charge in [-0.05, 0) is 18.6 Å². The van der Waals surface area contributed by atoms with Crippen LogP contribution >= 0.6 is 11.6 Å². The lowest BCUT2D eigenvalue weighted by Gasteiger charge is -2.04. The first-order chi connectivity index (χ1) is 7.97.